The topological polar surface area (TPSA) is 49.4 Å². The summed E-state index contributed by atoms with van der Waals surface area (Å²) in [4.78, 5) is 25.7. The molecule has 0 spiro atoms. The Kier molecular flexibility index (Phi) is 5.53. The summed E-state index contributed by atoms with van der Waals surface area (Å²) in [5.74, 6) is -0.328. The second-order valence-corrected chi connectivity index (χ2v) is 7.76. The van der Waals surface area contributed by atoms with E-state index in [0.717, 1.165) is 5.56 Å². The maximum absolute atomic E-state index is 13.9. The molecular weight excluding hydrogens is 375 g/mol. The van der Waals surface area contributed by atoms with Crippen LogP contribution in [0.25, 0.3) is 0 Å². The zero-order chi connectivity index (χ0) is 18.8. The van der Waals surface area contributed by atoms with Gasteiger partial charge in [0.25, 0.3) is 0 Å². The van der Waals surface area contributed by atoms with Crippen LogP contribution in [-0.4, -0.2) is 22.9 Å². The molecule has 136 valence electrons. The van der Waals surface area contributed by atoms with Crippen molar-refractivity contribution < 1.29 is 14.0 Å². The molecule has 26 heavy (non-hydrogen) atoms. The Morgan fingerprint density at radius 2 is 2.00 bits per heavy atom. The molecule has 0 aliphatic carbocycles. The molecule has 3 rings (SSSR count). The molecule has 2 atom stereocenters. The van der Waals surface area contributed by atoms with Crippen molar-refractivity contribution in [1.82, 2.24) is 0 Å². The number of thioether (sulfide) groups is 1. The third-order valence-electron chi connectivity index (χ3n) is 4.19. The summed E-state index contributed by atoms with van der Waals surface area (Å²) in [6.45, 7) is 3.27. The third-order valence-corrected chi connectivity index (χ3v) is 5.60. The quantitative estimate of drug-likeness (QED) is 0.780. The van der Waals surface area contributed by atoms with Crippen LogP contribution < -0.4 is 10.2 Å². The van der Waals surface area contributed by atoms with Crippen molar-refractivity contribution >= 4 is 46.6 Å². The van der Waals surface area contributed by atoms with Crippen LogP contribution in [0.4, 0.5) is 15.8 Å². The highest BCUT2D eigenvalue weighted by Gasteiger charge is 2.35. The van der Waals surface area contributed by atoms with Crippen LogP contribution in [0.15, 0.2) is 42.5 Å². The molecule has 7 heteroatoms. The highest BCUT2D eigenvalue weighted by atomic mass is 35.5. The fourth-order valence-corrected chi connectivity index (χ4v) is 3.98. The highest BCUT2D eigenvalue weighted by molar-refractivity contribution is 8.00. The van der Waals surface area contributed by atoms with Gasteiger partial charge in [-0.2, -0.15) is 0 Å². The van der Waals surface area contributed by atoms with Gasteiger partial charge in [0, 0.05) is 11.3 Å². The van der Waals surface area contributed by atoms with Gasteiger partial charge in [0.05, 0.1) is 11.4 Å². The van der Waals surface area contributed by atoms with E-state index in [9.17, 15) is 14.0 Å². The minimum Gasteiger partial charge on any atom is -0.325 e. The van der Waals surface area contributed by atoms with Gasteiger partial charge >= 0.3 is 0 Å². The van der Waals surface area contributed by atoms with E-state index in [0.29, 0.717) is 22.7 Å². The Morgan fingerprint density at radius 1 is 1.31 bits per heavy atom. The predicted molar refractivity (Wildman–Crippen MR) is 104 cm³/mol. The lowest BCUT2D eigenvalue weighted by atomic mass is 10.1. The molecule has 1 saturated heterocycles. The lowest BCUT2D eigenvalue weighted by Crippen LogP contribution is -2.28. The number of amides is 2. The van der Waals surface area contributed by atoms with Crippen LogP contribution in [0, 0.1) is 12.7 Å². The normalized spacial score (nSPS) is 18.1. The zero-order valence-corrected chi connectivity index (χ0v) is 15.9. The number of hydrogen-bond acceptors (Lipinski definition) is 3. The van der Waals surface area contributed by atoms with Crippen LogP contribution >= 0.6 is 23.4 Å². The maximum atomic E-state index is 13.9. The summed E-state index contributed by atoms with van der Waals surface area (Å²) in [7, 11) is 0. The standard InChI is InChI=1S/C19H18ClFN2O2S/c1-11-15(21)4-3-5-16(11)23-17(24)10-26-19(23)13-6-8-14(9-7-13)22-18(25)12(2)20/h3-9,12,19H,10H2,1-2H3,(H,22,25). The molecule has 2 unspecified atom stereocenters. The minimum absolute atomic E-state index is 0.0537. The molecule has 2 aromatic carbocycles. The number of nitrogens with zero attached hydrogens (tertiary/aromatic N) is 1. The number of carbonyl (C=O) groups is 2. The molecule has 0 saturated carbocycles. The van der Waals surface area contributed by atoms with E-state index in [1.807, 2.05) is 12.1 Å². The molecule has 1 heterocycles. The van der Waals surface area contributed by atoms with Gasteiger partial charge in [0.1, 0.15) is 16.6 Å². The molecule has 2 aromatic rings. The first kappa shape index (κ1) is 18.7. The summed E-state index contributed by atoms with van der Waals surface area (Å²) < 4.78 is 13.9. The van der Waals surface area contributed by atoms with Gasteiger partial charge in [-0.1, -0.05) is 18.2 Å². The van der Waals surface area contributed by atoms with E-state index in [1.54, 1.807) is 43.0 Å². The first-order valence-corrected chi connectivity index (χ1v) is 9.60. The molecule has 1 N–H and O–H groups in total. The van der Waals surface area contributed by atoms with E-state index in [1.165, 1.54) is 17.8 Å². The lowest BCUT2D eigenvalue weighted by Gasteiger charge is -2.26. The van der Waals surface area contributed by atoms with Crippen LogP contribution in [0.5, 0.6) is 0 Å². The van der Waals surface area contributed by atoms with Gasteiger partial charge < -0.3 is 5.32 Å². The van der Waals surface area contributed by atoms with Crippen molar-refractivity contribution in [3.8, 4) is 0 Å². The van der Waals surface area contributed by atoms with Crippen molar-refractivity contribution in [1.29, 1.82) is 0 Å². The molecule has 2 amide bonds. The van der Waals surface area contributed by atoms with Crippen LogP contribution in [-0.2, 0) is 9.59 Å². The predicted octanol–water partition coefficient (Wildman–Crippen LogP) is 4.48. The summed E-state index contributed by atoms with van der Waals surface area (Å²) in [5, 5.41) is 1.86. The Hall–Kier alpha value is -2.05. The van der Waals surface area contributed by atoms with Gasteiger partial charge in [-0.3, -0.25) is 14.5 Å². The Labute approximate surface area is 160 Å². The number of alkyl halides is 1. The SMILES string of the molecule is Cc1c(F)cccc1N1C(=O)CSC1c1ccc(NC(=O)C(C)Cl)cc1. The first-order valence-electron chi connectivity index (χ1n) is 8.12. The van der Waals surface area contributed by atoms with Gasteiger partial charge in [0.2, 0.25) is 11.8 Å². The number of halogens is 2. The zero-order valence-electron chi connectivity index (χ0n) is 14.3. The maximum Gasteiger partial charge on any atom is 0.242 e. The molecule has 4 nitrogen and oxygen atoms in total. The van der Waals surface area contributed by atoms with Crippen molar-refractivity contribution in [3.63, 3.8) is 0 Å². The van der Waals surface area contributed by atoms with E-state index in [4.69, 9.17) is 11.6 Å². The molecule has 0 bridgehead atoms. The second kappa shape index (κ2) is 7.68. The van der Waals surface area contributed by atoms with Crippen molar-refractivity contribution in [3.05, 3.63) is 59.4 Å². The molecule has 1 fully saturated rings. The van der Waals surface area contributed by atoms with Gasteiger partial charge in [-0.15, -0.1) is 23.4 Å². The molecule has 0 aromatic heterocycles. The Bertz CT molecular complexity index is 842. The van der Waals surface area contributed by atoms with E-state index >= 15 is 0 Å². The lowest BCUT2D eigenvalue weighted by molar-refractivity contribution is -0.116. The van der Waals surface area contributed by atoms with Gasteiger partial charge in [0.15, 0.2) is 0 Å². The van der Waals surface area contributed by atoms with Crippen molar-refractivity contribution in [2.75, 3.05) is 16.0 Å². The molecule has 1 aliphatic rings. The average molecular weight is 393 g/mol. The number of anilines is 2. The third kappa shape index (κ3) is 3.71. The number of carbonyl (C=O) groups excluding carboxylic acids is 2. The summed E-state index contributed by atoms with van der Waals surface area (Å²) >= 11 is 7.24. The van der Waals surface area contributed by atoms with E-state index in [2.05, 4.69) is 5.32 Å². The molecule has 1 aliphatic heterocycles. The number of nitrogens with one attached hydrogen (secondary N) is 1. The Balaban J connectivity index is 1.87. The second-order valence-electron chi connectivity index (χ2n) is 6.04. The molecular formula is C19H18ClFN2O2S. The van der Waals surface area contributed by atoms with Crippen LogP contribution in [0.1, 0.15) is 23.4 Å². The number of benzene rings is 2. The average Bonchev–Trinajstić information content (AvgIpc) is 2.99. The van der Waals surface area contributed by atoms with E-state index < -0.39 is 5.38 Å². The fourth-order valence-electron chi connectivity index (χ4n) is 2.76. The Morgan fingerprint density at radius 3 is 2.65 bits per heavy atom. The van der Waals surface area contributed by atoms with Crippen molar-refractivity contribution in [2.24, 2.45) is 0 Å². The molecule has 0 radical (unpaired) electrons. The number of hydrogen-bond donors (Lipinski definition) is 1. The van der Waals surface area contributed by atoms with E-state index in [-0.39, 0.29) is 23.0 Å². The van der Waals surface area contributed by atoms with Crippen LogP contribution in [0.3, 0.4) is 0 Å². The first-order chi connectivity index (χ1) is 12.4. The number of rotatable bonds is 4. The fraction of sp³-hybridized carbons (Fsp3) is 0.263. The summed E-state index contributed by atoms with van der Waals surface area (Å²) in [6.07, 6.45) is 0. The van der Waals surface area contributed by atoms with Crippen molar-refractivity contribution in [2.45, 2.75) is 24.6 Å². The van der Waals surface area contributed by atoms with Crippen LogP contribution in [0.2, 0.25) is 0 Å². The minimum atomic E-state index is -0.621. The summed E-state index contributed by atoms with van der Waals surface area (Å²) in [6, 6.07) is 12.0. The summed E-state index contributed by atoms with van der Waals surface area (Å²) in [5.41, 5.74) is 2.57. The highest BCUT2D eigenvalue weighted by Crippen LogP contribution is 2.43. The monoisotopic (exact) mass is 392 g/mol. The smallest absolute Gasteiger partial charge is 0.242 e. The largest absolute Gasteiger partial charge is 0.325 e. The van der Waals surface area contributed by atoms with Gasteiger partial charge in [-0.25, -0.2) is 4.39 Å². The van der Waals surface area contributed by atoms with Gasteiger partial charge in [-0.05, 0) is 43.7 Å².